The molecular weight excluding hydrogens is 208 g/mol. The largest absolute Gasteiger partial charge is 0.492 e. The molecule has 5 heteroatoms. The van der Waals surface area contributed by atoms with Crippen molar-refractivity contribution in [2.45, 2.75) is 13.8 Å². The number of para-hydroxylation sites is 1. The molecule has 0 aliphatic rings. The fraction of sp³-hybridized carbons (Fsp3) is 0.455. The van der Waals surface area contributed by atoms with Gasteiger partial charge in [-0.3, -0.25) is 15.4 Å². The highest BCUT2D eigenvalue weighted by Crippen LogP contribution is 2.21. The summed E-state index contributed by atoms with van der Waals surface area (Å²) in [4.78, 5) is 9.64. The minimum absolute atomic E-state index is 0.226. The van der Waals surface area contributed by atoms with E-state index in [0.29, 0.717) is 13.2 Å². The zero-order chi connectivity index (χ0) is 12.0. The molecule has 0 heterocycles. The number of nitrogens with one attached hydrogen (secondary N) is 1. The average molecular weight is 224 g/mol. The van der Waals surface area contributed by atoms with Crippen molar-refractivity contribution in [3.05, 3.63) is 39.4 Å². The molecule has 5 nitrogen and oxygen atoms in total. The molecule has 0 radical (unpaired) electrons. The van der Waals surface area contributed by atoms with Gasteiger partial charge in [0.25, 0.3) is 6.67 Å². The van der Waals surface area contributed by atoms with Crippen LogP contribution in [0.15, 0.2) is 18.2 Å². The fourth-order valence-corrected chi connectivity index (χ4v) is 1.42. The van der Waals surface area contributed by atoms with Crippen LogP contribution in [0.3, 0.4) is 0 Å². The summed E-state index contributed by atoms with van der Waals surface area (Å²) in [6, 6.07) is 5.93. The maximum Gasteiger partial charge on any atom is 0.256 e. The SMILES string of the molecule is Cc1cccc(C)c1OCCNC[N+](=O)[O-]. The van der Waals surface area contributed by atoms with Gasteiger partial charge in [0.15, 0.2) is 0 Å². The van der Waals surface area contributed by atoms with E-state index < -0.39 is 4.92 Å². The van der Waals surface area contributed by atoms with Gasteiger partial charge in [0, 0.05) is 11.5 Å². The van der Waals surface area contributed by atoms with Crippen molar-refractivity contribution in [2.24, 2.45) is 0 Å². The molecule has 0 spiro atoms. The Kier molecular flexibility index (Phi) is 4.72. The van der Waals surface area contributed by atoms with E-state index in [1.807, 2.05) is 32.0 Å². The van der Waals surface area contributed by atoms with E-state index in [9.17, 15) is 10.1 Å². The summed E-state index contributed by atoms with van der Waals surface area (Å²) in [5.41, 5.74) is 2.16. The standard InChI is InChI=1S/C11H16N2O3/c1-9-4-3-5-10(2)11(9)16-7-6-12-8-13(14)15/h3-5,12H,6-8H2,1-2H3. The predicted molar refractivity (Wildman–Crippen MR) is 61.3 cm³/mol. The maximum absolute atomic E-state index is 10.0. The van der Waals surface area contributed by atoms with Crippen molar-refractivity contribution in [3.63, 3.8) is 0 Å². The summed E-state index contributed by atoms with van der Waals surface area (Å²) >= 11 is 0. The number of nitrogens with zero attached hydrogens (tertiary/aromatic N) is 1. The molecule has 0 aliphatic heterocycles. The molecule has 1 aromatic carbocycles. The van der Waals surface area contributed by atoms with Crippen molar-refractivity contribution in [2.75, 3.05) is 19.8 Å². The first-order chi connectivity index (χ1) is 7.61. The molecule has 0 amide bonds. The van der Waals surface area contributed by atoms with E-state index in [0.717, 1.165) is 16.9 Å². The number of aryl methyl sites for hydroxylation is 2. The zero-order valence-corrected chi connectivity index (χ0v) is 9.53. The lowest BCUT2D eigenvalue weighted by Crippen LogP contribution is -2.26. The summed E-state index contributed by atoms with van der Waals surface area (Å²) in [7, 11) is 0. The molecule has 88 valence electrons. The maximum atomic E-state index is 10.0. The van der Waals surface area contributed by atoms with Gasteiger partial charge in [0.05, 0.1) is 0 Å². The number of rotatable bonds is 6. The number of hydrogen-bond donors (Lipinski definition) is 1. The van der Waals surface area contributed by atoms with Crippen LogP contribution in [0.25, 0.3) is 0 Å². The van der Waals surface area contributed by atoms with Crippen LogP contribution in [-0.4, -0.2) is 24.7 Å². The van der Waals surface area contributed by atoms with E-state index in [1.165, 1.54) is 0 Å². The number of nitro groups is 1. The Bertz CT molecular complexity index is 346. The molecular formula is C11H16N2O3. The molecule has 1 rings (SSSR count). The molecule has 0 saturated carbocycles. The Morgan fingerprint density at radius 3 is 2.56 bits per heavy atom. The highest BCUT2D eigenvalue weighted by atomic mass is 16.6. The molecule has 0 fully saturated rings. The second kappa shape index (κ2) is 6.07. The summed E-state index contributed by atoms with van der Waals surface area (Å²) in [5, 5.41) is 12.7. The quantitative estimate of drug-likeness (QED) is 0.344. The summed E-state index contributed by atoms with van der Waals surface area (Å²) in [6.45, 7) is 4.63. The van der Waals surface area contributed by atoms with Crippen LogP contribution in [0.4, 0.5) is 0 Å². The normalized spacial score (nSPS) is 10.1. The van der Waals surface area contributed by atoms with Gasteiger partial charge in [-0.25, -0.2) is 0 Å². The minimum atomic E-state index is -0.404. The summed E-state index contributed by atoms with van der Waals surface area (Å²) in [6.07, 6.45) is 0. The topological polar surface area (TPSA) is 64.4 Å². The molecule has 0 unspecified atom stereocenters. The van der Waals surface area contributed by atoms with Crippen LogP contribution in [0.1, 0.15) is 11.1 Å². The van der Waals surface area contributed by atoms with Crippen molar-refractivity contribution >= 4 is 0 Å². The second-order valence-corrected chi connectivity index (χ2v) is 3.56. The van der Waals surface area contributed by atoms with Crippen LogP contribution in [0.2, 0.25) is 0 Å². The van der Waals surface area contributed by atoms with E-state index >= 15 is 0 Å². The Morgan fingerprint density at radius 1 is 1.38 bits per heavy atom. The molecule has 0 aromatic heterocycles. The van der Waals surface area contributed by atoms with E-state index in [1.54, 1.807) is 0 Å². The predicted octanol–water partition coefficient (Wildman–Crippen LogP) is 1.51. The fourth-order valence-electron chi connectivity index (χ4n) is 1.42. The Morgan fingerprint density at radius 2 is 2.00 bits per heavy atom. The molecule has 0 aliphatic carbocycles. The Labute approximate surface area is 94.6 Å². The lowest BCUT2D eigenvalue weighted by atomic mass is 10.1. The van der Waals surface area contributed by atoms with Crippen LogP contribution in [-0.2, 0) is 0 Å². The number of benzene rings is 1. The van der Waals surface area contributed by atoms with Crippen molar-refractivity contribution in [1.82, 2.24) is 5.32 Å². The summed E-state index contributed by atoms with van der Waals surface area (Å²) in [5.74, 6) is 0.866. The zero-order valence-electron chi connectivity index (χ0n) is 9.53. The first kappa shape index (κ1) is 12.4. The van der Waals surface area contributed by atoms with Crippen LogP contribution in [0, 0.1) is 24.0 Å². The van der Waals surface area contributed by atoms with E-state index in [4.69, 9.17) is 4.74 Å². The first-order valence-corrected chi connectivity index (χ1v) is 5.13. The number of hydrogen-bond acceptors (Lipinski definition) is 4. The highest BCUT2D eigenvalue weighted by Gasteiger charge is 2.02. The third-order valence-electron chi connectivity index (χ3n) is 2.17. The van der Waals surface area contributed by atoms with Crippen molar-refractivity contribution in [1.29, 1.82) is 0 Å². The summed E-state index contributed by atoms with van der Waals surface area (Å²) < 4.78 is 5.56. The van der Waals surface area contributed by atoms with Crippen molar-refractivity contribution in [3.8, 4) is 5.75 Å². The molecule has 0 atom stereocenters. The smallest absolute Gasteiger partial charge is 0.256 e. The average Bonchev–Trinajstić information content (AvgIpc) is 2.21. The lowest BCUT2D eigenvalue weighted by molar-refractivity contribution is -0.485. The van der Waals surface area contributed by atoms with E-state index in [-0.39, 0.29) is 6.67 Å². The third kappa shape index (κ3) is 3.86. The van der Waals surface area contributed by atoms with Gasteiger partial charge < -0.3 is 4.74 Å². The third-order valence-corrected chi connectivity index (χ3v) is 2.17. The molecule has 1 N–H and O–H groups in total. The molecule has 0 saturated heterocycles. The van der Waals surface area contributed by atoms with Crippen LogP contribution >= 0.6 is 0 Å². The molecule has 0 bridgehead atoms. The number of ether oxygens (including phenoxy) is 1. The Balaban J connectivity index is 2.34. The van der Waals surface area contributed by atoms with Gasteiger partial charge in [-0.15, -0.1) is 0 Å². The van der Waals surface area contributed by atoms with E-state index in [2.05, 4.69) is 5.32 Å². The van der Waals surface area contributed by atoms with Gasteiger partial charge in [-0.2, -0.15) is 0 Å². The van der Waals surface area contributed by atoms with Crippen LogP contribution in [0.5, 0.6) is 5.75 Å². The van der Waals surface area contributed by atoms with Crippen LogP contribution < -0.4 is 10.1 Å². The minimum Gasteiger partial charge on any atom is -0.492 e. The second-order valence-electron chi connectivity index (χ2n) is 3.56. The first-order valence-electron chi connectivity index (χ1n) is 5.13. The van der Waals surface area contributed by atoms with Gasteiger partial charge in [0.1, 0.15) is 12.4 Å². The molecule has 1 aromatic rings. The molecule has 16 heavy (non-hydrogen) atoms. The Hall–Kier alpha value is -1.62. The highest BCUT2D eigenvalue weighted by molar-refractivity contribution is 5.39. The van der Waals surface area contributed by atoms with Crippen molar-refractivity contribution < 1.29 is 9.66 Å². The lowest BCUT2D eigenvalue weighted by Gasteiger charge is -2.11. The van der Waals surface area contributed by atoms with Gasteiger partial charge in [-0.1, -0.05) is 18.2 Å². The van der Waals surface area contributed by atoms with Gasteiger partial charge >= 0.3 is 0 Å². The monoisotopic (exact) mass is 224 g/mol. The van der Waals surface area contributed by atoms with Gasteiger partial charge in [-0.05, 0) is 25.0 Å². The van der Waals surface area contributed by atoms with Gasteiger partial charge in [0.2, 0.25) is 0 Å².